The summed E-state index contributed by atoms with van der Waals surface area (Å²) in [6.45, 7) is 5.77. The number of alkyl halides is 3. The van der Waals surface area contributed by atoms with Crippen LogP contribution in [0.5, 0.6) is 0 Å². The molecule has 0 radical (unpaired) electrons. The van der Waals surface area contributed by atoms with Gasteiger partial charge in [0.25, 0.3) is 10.0 Å². The number of nitrogens with one attached hydrogen (secondary N) is 1. The molecule has 0 bridgehead atoms. The second-order valence-corrected chi connectivity index (χ2v) is 10.8. The smallest absolute Gasteiger partial charge is 0.478 e. The fourth-order valence-corrected chi connectivity index (χ4v) is 5.52. The van der Waals surface area contributed by atoms with Gasteiger partial charge in [-0.15, -0.1) is 0 Å². The highest BCUT2D eigenvalue weighted by Gasteiger charge is 2.38. The number of nitrogens with zero attached hydrogens (tertiary/aromatic N) is 2. The zero-order valence-electron chi connectivity index (χ0n) is 21.9. The summed E-state index contributed by atoms with van der Waals surface area (Å²) in [5.41, 5.74) is 2.43. The molecule has 0 saturated carbocycles. The van der Waals surface area contributed by atoms with Crippen molar-refractivity contribution in [3.05, 3.63) is 83.2 Å². The lowest BCUT2D eigenvalue weighted by atomic mass is 10.1. The highest BCUT2D eigenvalue weighted by molar-refractivity contribution is 7.92. The van der Waals surface area contributed by atoms with Gasteiger partial charge in [-0.2, -0.15) is 13.2 Å². The summed E-state index contributed by atoms with van der Waals surface area (Å²) >= 11 is 0. The maximum absolute atomic E-state index is 14.1. The highest BCUT2D eigenvalue weighted by Crippen LogP contribution is 2.29. The van der Waals surface area contributed by atoms with Gasteiger partial charge >= 0.3 is 18.1 Å². The molecule has 0 aliphatic carbocycles. The Morgan fingerprint density at radius 1 is 0.878 bits per heavy atom. The molecule has 1 saturated heterocycles. The number of aliphatic carboxylic acids is 1. The molecule has 0 spiro atoms. The molecule has 3 aromatic rings. The van der Waals surface area contributed by atoms with Crippen LogP contribution in [-0.4, -0.2) is 62.9 Å². The first-order chi connectivity index (χ1) is 19.1. The summed E-state index contributed by atoms with van der Waals surface area (Å²) in [6, 6.07) is 16.4. The molecule has 9 nitrogen and oxygen atoms in total. The first-order valence-corrected chi connectivity index (χ1v) is 13.6. The van der Waals surface area contributed by atoms with Crippen molar-refractivity contribution in [2.75, 3.05) is 40.7 Å². The molecule has 3 aromatic carbocycles. The molecule has 220 valence electrons. The monoisotopic (exact) mass is 597 g/mol. The van der Waals surface area contributed by atoms with E-state index in [0.717, 1.165) is 5.56 Å². The van der Waals surface area contributed by atoms with Crippen LogP contribution in [0.1, 0.15) is 21.5 Å². The number of piperazine rings is 1. The van der Waals surface area contributed by atoms with E-state index in [9.17, 15) is 35.9 Å². The zero-order valence-corrected chi connectivity index (χ0v) is 22.8. The molecular formula is C27H27F4N3O6S. The number of halogens is 4. The van der Waals surface area contributed by atoms with Gasteiger partial charge in [0, 0.05) is 31.9 Å². The van der Waals surface area contributed by atoms with Gasteiger partial charge in [0.15, 0.2) is 0 Å². The molecule has 0 atom stereocenters. The topological polar surface area (TPSA) is 127 Å². The van der Waals surface area contributed by atoms with Crippen molar-refractivity contribution < 1.29 is 45.8 Å². The fourth-order valence-electron chi connectivity index (χ4n) is 4.11. The van der Waals surface area contributed by atoms with Crippen molar-refractivity contribution in [2.45, 2.75) is 24.9 Å². The Labute approximate surface area is 233 Å². The largest absolute Gasteiger partial charge is 0.490 e. The molecule has 41 heavy (non-hydrogen) atoms. The lowest BCUT2D eigenvalue weighted by Crippen LogP contribution is -2.46. The zero-order chi connectivity index (χ0) is 30.5. The Bertz CT molecular complexity index is 1540. The second kappa shape index (κ2) is 12.5. The number of sulfonamides is 1. The minimum Gasteiger partial charge on any atom is -0.478 e. The van der Waals surface area contributed by atoms with Crippen molar-refractivity contribution in [1.82, 2.24) is 0 Å². The van der Waals surface area contributed by atoms with Crippen LogP contribution in [0.25, 0.3) is 0 Å². The minimum absolute atomic E-state index is 0.00199. The third kappa shape index (κ3) is 7.87. The van der Waals surface area contributed by atoms with E-state index in [2.05, 4.69) is 4.72 Å². The Morgan fingerprint density at radius 2 is 1.46 bits per heavy atom. The third-order valence-corrected chi connectivity index (χ3v) is 7.70. The van der Waals surface area contributed by atoms with Gasteiger partial charge < -0.3 is 20.0 Å². The fraction of sp³-hybridized carbons (Fsp3) is 0.259. The van der Waals surface area contributed by atoms with E-state index in [1.54, 1.807) is 50.2 Å². The average molecular weight is 598 g/mol. The van der Waals surface area contributed by atoms with Crippen LogP contribution in [-0.2, 0) is 14.8 Å². The molecule has 3 N–H and O–H groups in total. The van der Waals surface area contributed by atoms with Crippen molar-refractivity contribution >= 4 is 39.0 Å². The van der Waals surface area contributed by atoms with Gasteiger partial charge in [-0.05, 0) is 61.4 Å². The third-order valence-electron chi connectivity index (χ3n) is 6.19. The molecule has 1 aliphatic rings. The van der Waals surface area contributed by atoms with Gasteiger partial charge in [-0.3, -0.25) is 4.72 Å². The molecule has 0 unspecified atom stereocenters. The summed E-state index contributed by atoms with van der Waals surface area (Å²) < 4.78 is 74.3. The maximum atomic E-state index is 14.1. The SMILES string of the molecule is Cc1ccc(C)c(S(=O)(=O)Nc2ccc(N3CCN(c4ccccc4F)CC3)cc2C(=O)O)c1.O=C(O)C(F)(F)F. The first kappa shape index (κ1) is 31.2. The Morgan fingerprint density at radius 3 is 2.02 bits per heavy atom. The van der Waals surface area contributed by atoms with E-state index < -0.39 is 28.1 Å². The van der Waals surface area contributed by atoms with Crippen LogP contribution in [0.2, 0.25) is 0 Å². The van der Waals surface area contributed by atoms with Gasteiger partial charge in [0.2, 0.25) is 0 Å². The summed E-state index contributed by atoms with van der Waals surface area (Å²) in [6.07, 6.45) is -5.08. The quantitative estimate of drug-likeness (QED) is 0.343. The minimum atomic E-state index is -5.08. The lowest BCUT2D eigenvalue weighted by molar-refractivity contribution is -0.192. The molecule has 1 fully saturated rings. The summed E-state index contributed by atoms with van der Waals surface area (Å²) in [5, 5.41) is 16.9. The summed E-state index contributed by atoms with van der Waals surface area (Å²) in [5.74, 6) is -4.26. The number of anilines is 3. The van der Waals surface area contributed by atoms with Crippen molar-refractivity contribution in [3.63, 3.8) is 0 Å². The number of para-hydroxylation sites is 1. The van der Waals surface area contributed by atoms with Crippen LogP contribution in [0.4, 0.5) is 34.6 Å². The number of aryl methyl sites for hydroxylation is 2. The molecule has 4 rings (SSSR count). The Hall–Kier alpha value is -4.33. The number of carboxylic acids is 2. The van der Waals surface area contributed by atoms with Gasteiger partial charge in [0.05, 0.1) is 21.8 Å². The van der Waals surface area contributed by atoms with E-state index in [1.165, 1.54) is 18.2 Å². The molecular weight excluding hydrogens is 570 g/mol. The maximum Gasteiger partial charge on any atom is 0.490 e. The molecule has 1 heterocycles. The van der Waals surface area contributed by atoms with E-state index >= 15 is 0 Å². The van der Waals surface area contributed by atoms with Crippen molar-refractivity contribution in [1.29, 1.82) is 0 Å². The first-order valence-electron chi connectivity index (χ1n) is 12.1. The Balaban J connectivity index is 0.000000587. The number of benzene rings is 3. The molecule has 0 amide bonds. The number of rotatable bonds is 6. The van der Waals surface area contributed by atoms with Crippen LogP contribution < -0.4 is 14.5 Å². The predicted octanol–water partition coefficient (Wildman–Crippen LogP) is 4.90. The van der Waals surface area contributed by atoms with Crippen molar-refractivity contribution in [2.24, 2.45) is 0 Å². The van der Waals surface area contributed by atoms with Crippen molar-refractivity contribution in [3.8, 4) is 0 Å². The van der Waals surface area contributed by atoms with Gasteiger partial charge in [0.1, 0.15) is 5.82 Å². The number of aromatic carboxylic acids is 1. The number of carboxylic acid groups (broad SMARTS) is 2. The number of hydrogen-bond acceptors (Lipinski definition) is 6. The van der Waals surface area contributed by atoms with Crippen LogP contribution in [0.3, 0.4) is 0 Å². The number of hydrogen-bond donors (Lipinski definition) is 3. The van der Waals surface area contributed by atoms with E-state index in [0.29, 0.717) is 43.1 Å². The normalized spacial score (nSPS) is 13.7. The molecule has 1 aliphatic heterocycles. The Kier molecular flexibility index (Phi) is 9.48. The summed E-state index contributed by atoms with van der Waals surface area (Å²) in [7, 11) is -3.97. The van der Waals surface area contributed by atoms with Gasteiger partial charge in [-0.1, -0.05) is 24.3 Å². The van der Waals surface area contributed by atoms with Gasteiger partial charge in [-0.25, -0.2) is 22.4 Å². The summed E-state index contributed by atoms with van der Waals surface area (Å²) in [4.78, 5) is 24.9. The van der Waals surface area contributed by atoms with E-state index in [4.69, 9.17) is 9.90 Å². The average Bonchev–Trinajstić information content (AvgIpc) is 2.90. The van der Waals surface area contributed by atoms with Crippen LogP contribution >= 0.6 is 0 Å². The molecule has 14 heteroatoms. The highest BCUT2D eigenvalue weighted by atomic mass is 32.2. The van der Waals surface area contributed by atoms with E-state index in [-0.39, 0.29) is 22.0 Å². The lowest BCUT2D eigenvalue weighted by Gasteiger charge is -2.37. The second-order valence-electron chi connectivity index (χ2n) is 9.14. The van der Waals surface area contributed by atoms with Crippen LogP contribution in [0.15, 0.2) is 65.6 Å². The molecule has 0 aromatic heterocycles. The van der Waals surface area contributed by atoms with E-state index in [1.807, 2.05) is 15.9 Å². The number of carbonyl (C=O) groups is 2. The van der Waals surface area contributed by atoms with Crippen LogP contribution in [0, 0.1) is 19.7 Å². The predicted molar refractivity (Wildman–Crippen MR) is 145 cm³/mol. The standard InChI is InChI=1S/C25H26FN3O4S.C2HF3O2/c1-17-7-8-18(2)24(15-17)34(32,33)27-22-10-9-19(16-20(22)25(30)31)28-11-13-29(14-12-28)23-6-4-3-5-21(23)26;3-2(4,5)1(6)7/h3-10,15-16,27H,11-14H2,1-2H3,(H,30,31);(H,6,7).